The van der Waals surface area contributed by atoms with E-state index in [2.05, 4.69) is 62.4 Å². The first-order valence-electron chi connectivity index (χ1n) is 7.39. The molecule has 0 spiro atoms. The molecule has 0 aliphatic heterocycles. The largest absolute Gasteiger partial charge is 0.379 e. The number of nitrogens with zero attached hydrogens (tertiary/aromatic N) is 2. The van der Waals surface area contributed by atoms with Crippen molar-refractivity contribution in [3.8, 4) is 0 Å². The topological polar surface area (TPSA) is 29.9 Å². The summed E-state index contributed by atoms with van der Waals surface area (Å²) in [6, 6.07) is 8.43. The molecule has 1 N–H and O–H groups in total. The molecule has 2 rings (SSSR count). The molecule has 0 radical (unpaired) electrons. The normalized spacial score (nSPS) is 11.7. The molecular weight excluding hydrogens is 282 g/mol. The summed E-state index contributed by atoms with van der Waals surface area (Å²) in [7, 11) is 0. The molecule has 0 amide bonds. The van der Waals surface area contributed by atoms with Crippen molar-refractivity contribution >= 4 is 17.3 Å². The zero-order valence-electron chi connectivity index (χ0n) is 13.5. The van der Waals surface area contributed by atoms with Gasteiger partial charge < -0.3 is 5.32 Å². The molecule has 4 heteroatoms. The maximum absolute atomic E-state index is 6.37. The molecule has 1 aromatic heterocycles. The fourth-order valence-electron chi connectivity index (χ4n) is 2.51. The van der Waals surface area contributed by atoms with Crippen LogP contribution in [-0.4, -0.2) is 9.78 Å². The van der Waals surface area contributed by atoms with Crippen molar-refractivity contribution in [3.05, 3.63) is 46.2 Å². The predicted molar refractivity (Wildman–Crippen MR) is 90.1 cm³/mol. The van der Waals surface area contributed by atoms with Gasteiger partial charge in [-0.05, 0) is 30.9 Å². The van der Waals surface area contributed by atoms with Crippen molar-refractivity contribution in [2.75, 3.05) is 5.32 Å². The summed E-state index contributed by atoms with van der Waals surface area (Å²) in [4.78, 5) is 0. The van der Waals surface area contributed by atoms with Crippen LogP contribution in [0.15, 0.2) is 24.3 Å². The van der Waals surface area contributed by atoms with E-state index in [1.54, 1.807) is 0 Å². The molecule has 0 aliphatic carbocycles. The van der Waals surface area contributed by atoms with Crippen LogP contribution >= 0.6 is 11.6 Å². The molecule has 0 aliphatic rings. The molecule has 114 valence electrons. The Morgan fingerprint density at radius 3 is 2.52 bits per heavy atom. The van der Waals surface area contributed by atoms with Gasteiger partial charge in [0.25, 0.3) is 0 Å². The highest BCUT2D eigenvalue weighted by Crippen LogP contribution is 2.30. The third kappa shape index (κ3) is 3.41. The average molecular weight is 306 g/mol. The molecule has 21 heavy (non-hydrogen) atoms. The van der Waals surface area contributed by atoms with Gasteiger partial charge in [-0.25, -0.2) is 0 Å². The van der Waals surface area contributed by atoms with E-state index < -0.39 is 0 Å². The number of para-hydroxylation sites is 1. The number of benzene rings is 1. The molecule has 0 saturated carbocycles. The number of aromatic nitrogens is 2. The highest BCUT2D eigenvalue weighted by atomic mass is 35.5. The number of hydrogen-bond donors (Lipinski definition) is 1. The van der Waals surface area contributed by atoms with Crippen LogP contribution in [0.5, 0.6) is 0 Å². The van der Waals surface area contributed by atoms with Gasteiger partial charge in [-0.3, -0.25) is 4.68 Å². The summed E-state index contributed by atoms with van der Waals surface area (Å²) in [6.45, 7) is 12.2. The van der Waals surface area contributed by atoms with E-state index in [-0.39, 0.29) is 5.41 Å². The first-order chi connectivity index (χ1) is 9.84. The van der Waals surface area contributed by atoms with E-state index >= 15 is 0 Å². The van der Waals surface area contributed by atoms with Crippen LogP contribution < -0.4 is 5.32 Å². The van der Waals surface area contributed by atoms with Crippen LogP contribution in [0.25, 0.3) is 0 Å². The summed E-state index contributed by atoms with van der Waals surface area (Å²) in [5.41, 5.74) is 4.50. The first-order valence-corrected chi connectivity index (χ1v) is 7.77. The minimum absolute atomic E-state index is 0.105. The number of anilines is 1. The van der Waals surface area contributed by atoms with Gasteiger partial charge in [0.05, 0.1) is 23.0 Å². The van der Waals surface area contributed by atoms with Crippen molar-refractivity contribution in [3.63, 3.8) is 0 Å². The zero-order valence-corrected chi connectivity index (χ0v) is 14.3. The molecule has 2 aromatic rings. The molecule has 0 bridgehead atoms. The minimum atomic E-state index is 0.105. The maximum Gasteiger partial charge on any atom is 0.0865 e. The Morgan fingerprint density at radius 1 is 1.24 bits per heavy atom. The number of aryl methyl sites for hydroxylation is 2. The lowest BCUT2D eigenvalue weighted by Crippen LogP contribution is -2.15. The lowest BCUT2D eigenvalue weighted by atomic mass is 9.86. The van der Waals surface area contributed by atoms with Crippen LogP contribution in [0.2, 0.25) is 5.02 Å². The van der Waals surface area contributed by atoms with Crippen molar-refractivity contribution in [1.82, 2.24) is 9.78 Å². The third-order valence-electron chi connectivity index (χ3n) is 3.63. The number of nitrogens with one attached hydrogen (secondary N) is 1. The molecule has 0 fully saturated rings. The summed E-state index contributed by atoms with van der Waals surface area (Å²) >= 11 is 6.37. The van der Waals surface area contributed by atoms with Crippen molar-refractivity contribution < 1.29 is 0 Å². The van der Waals surface area contributed by atoms with E-state index in [0.29, 0.717) is 6.54 Å². The summed E-state index contributed by atoms with van der Waals surface area (Å²) in [5.74, 6) is 0. The second-order valence-corrected chi connectivity index (χ2v) is 6.69. The fraction of sp³-hybridized carbons (Fsp3) is 0.471. The second-order valence-electron chi connectivity index (χ2n) is 6.31. The van der Waals surface area contributed by atoms with Crippen molar-refractivity contribution in [1.29, 1.82) is 0 Å². The Balaban J connectivity index is 2.26. The number of halogens is 1. The van der Waals surface area contributed by atoms with Crippen molar-refractivity contribution in [2.45, 2.75) is 53.1 Å². The molecule has 0 saturated heterocycles. The quantitative estimate of drug-likeness (QED) is 0.881. The van der Waals surface area contributed by atoms with Gasteiger partial charge in [-0.2, -0.15) is 5.10 Å². The van der Waals surface area contributed by atoms with Crippen LogP contribution in [0, 0.1) is 6.92 Å². The predicted octanol–water partition coefficient (Wildman–Crippen LogP) is 4.77. The van der Waals surface area contributed by atoms with Gasteiger partial charge in [0.15, 0.2) is 0 Å². The Bertz CT molecular complexity index is 623. The van der Waals surface area contributed by atoms with Crippen LogP contribution in [0.4, 0.5) is 5.69 Å². The van der Waals surface area contributed by atoms with Gasteiger partial charge in [-0.15, -0.1) is 0 Å². The molecule has 0 atom stereocenters. The van der Waals surface area contributed by atoms with Crippen LogP contribution in [0.3, 0.4) is 0 Å². The monoisotopic (exact) mass is 305 g/mol. The third-order valence-corrected chi connectivity index (χ3v) is 4.13. The van der Waals surface area contributed by atoms with E-state index in [0.717, 1.165) is 28.6 Å². The Hall–Kier alpha value is -1.48. The Morgan fingerprint density at radius 2 is 1.90 bits per heavy atom. The lowest BCUT2D eigenvalue weighted by molar-refractivity contribution is 0.590. The average Bonchev–Trinajstić information content (AvgIpc) is 2.71. The molecule has 0 unspecified atom stereocenters. The molecular formula is C17H24ClN3. The van der Waals surface area contributed by atoms with E-state index in [1.807, 2.05) is 11.6 Å². The maximum atomic E-state index is 6.37. The summed E-state index contributed by atoms with van der Waals surface area (Å²) in [6.07, 6.45) is 0. The van der Waals surface area contributed by atoms with Crippen LogP contribution in [-0.2, 0) is 18.5 Å². The van der Waals surface area contributed by atoms with E-state index in [9.17, 15) is 0 Å². The number of hydrogen-bond acceptors (Lipinski definition) is 2. The van der Waals surface area contributed by atoms with Gasteiger partial charge in [0, 0.05) is 12.2 Å². The standard InChI is InChI=1S/C17H24ClN3/c1-6-21-15(16(18)12(2)20-21)11-19-14-10-8-7-9-13(14)17(3,4)5/h7-10,19H,6,11H2,1-5H3. The molecule has 1 heterocycles. The molecule has 1 aromatic carbocycles. The van der Waals surface area contributed by atoms with E-state index in [1.165, 1.54) is 5.56 Å². The zero-order chi connectivity index (χ0) is 15.6. The fourth-order valence-corrected chi connectivity index (χ4v) is 2.71. The van der Waals surface area contributed by atoms with Gasteiger partial charge in [0.2, 0.25) is 0 Å². The minimum Gasteiger partial charge on any atom is -0.379 e. The van der Waals surface area contributed by atoms with Gasteiger partial charge >= 0.3 is 0 Å². The van der Waals surface area contributed by atoms with E-state index in [4.69, 9.17) is 11.6 Å². The summed E-state index contributed by atoms with van der Waals surface area (Å²) in [5, 5.41) is 8.74. The Kier molecular flexibility index (Phi) is 4.62. The second kappa shape index (κ2) is 6.10. The smallest absolute Gasteiger partial charge is 0.0865 e. The Labute approximate surface area is 132 Å². The highest BCUT2D eigenvalue weighted by molar-refractivity contribution is 6.31. The SMILES string of the molecule is CCn1nc(C)c(Cl)c1CNc1ccccc1C(C)(C)C. The van der Waals surface area contributed by atoms with Gasteiger partial charge in [0.1, 0.15) is 0 Å². The molecule has 3 nitrogen and oxygen atoms in total. The summed E-state index contributed by atoms with van der Waals surface area (Å²) < 4.78 is 1.96. The highest BCUT2D eigenvalue weighted by Gasteiger charge is 2.18. The van der Waals surface area contributed by atoms with Crippen molar-refractivity contribution in [2.24, 2.45) is 0 Å². The van der Waals surface area contributed by atoms with Crippen LogP contribution in [0.1, 0.15) is 44.6 Å². The van der Waals surface area contributed by atoms with Gasteiger partial charge in [-0.1, -0.05) is 50.6 Å². The first kappa shape index (κ1) is 15.9. The lowest BCUT2D eigenvalue weighted by Gasteiger charge is -2.23. The number of rotatable bonds is 4.